The van der Waals surface area contributed by atoms with E-state index in [2.05, 4.69) is 17.6 Å². The molecule has 2 aliphatic rings. The van der Waals surface area contributed by atoms with E-state index in [0.717, 1.165) is 25.8 Å². The molecule has 5 N–H and O–H groups in total. The van der Waals surface area contributed by atoms with Gasteiger partial charge in [0.25, 0.3) is 0 Å². The Kier molecular flexibility index (Phi) is 8.46. The van der Waals surface area contributed by atoms with Crippen molar-refractivity contribution in [3.63, 3.8) is 0 Å². The lowest BCUT2D eigenvalue weighted by molar-refractivity contribution is -0.205. The maximum Gasteiger partial charge on any atom is 0.237 e. The van der Waals surface area contributed by atoms with Gasteiger partial charge in [-0.15, -0.1) is 23.4 Å². The van der Waals surface area contributed by atoms with Gasteiger partial charge in [0.1, 0.15) is 29.9 Å². The van der Waals surface area contributed by atoms with E-state index < -0.39 is 41.3 Å². The molecular formula is C17H31ClN2O5S. The summed E-state index contributed by atoms with van der Waals surface area (Å²) in [5.74, 6) is 0.401. The van der Waals surface area contributed by atoms with Gasteiger partial charge in [-0.05, 0) is 38.5 Å². The molecule has 9 heteroatoms. The van der Waals surface area contributed by atoms with Gasteiger partial charge in [0.15, 0.2) is 0 Å². The van der Waals surface area contributed by atoms with Crippen molar-refractivity contribution in [2.45, 2.75) is 80.4 Å². The molecule has 7 unspecified atom stereocenters. The highest BCUT2D eigenvalue weighted by molar-refractivity contribution is 7.99. The van der Waals surface area contributed by atoms with Crippen LogP contribution in [-0.2, 0) is 9.53 Å². The number of alkyl halides is 1. The number of aliphatic hydroxyl groups is 3. The molecule has 0 saturated carbocycles. The van der Waals surface area contributed by atoms with Gasteiger partial charge in [0.2, 0.25) is 5.91 Å². The van der Waals surface area contributed by atoms with Crippen molar-refractivity contribution in [3.8, 4) is 0 Å². The number of piperidine rings is 1. The molecule has 2 aliphatic heterocycles. The number of halogens is 1. The molecule has 0 aromatic carbocycles. The van der Waals surface area contributed by atoms with Gasteiger partial charge in [0.05, 0.1) is 17.5 Å². The molecule has 0 aromatic rings. The van der Waals surface area contributed by atoms with Crippen molar-refractivity contribution in [1.82, 2.24) is 10.6 Å². The highest BCUT2D eigenvalue weighted by Crippen LogP contribution is 2.30. The first kappa shape index (κ1) is 22.2. The molecule has 1 amide bonds. The number of hydrogen-bond donors (Lipinski definition) is 5. The molecule has 0 aliphatic carbocycles. The summed E-state index contributed by atoms with van der Waals surface area (Å²) in [6.45, 7) is 4.65. The summed E-state index contributed by atoms with van der Waals surface area (Å²) < 4.78 is 5.76. The van der Waals surface area contributed by atoms with Crippen LogP contribution >= 0.6 is 23.4 Å². The van der Waals surface area contributed by atoms with Crippen LogP contribution in [-0.4, -0.2) is 81.3 Å². The summed E-state index contributed by atoms with van der Waals surface area (Å²) in [6.07, 6.45) is -0.257. The molecule has 2 saturated heterocycles. The predicted molar refractivity (Wildman–Crippen MR) is 102 cm³/mol. The molecule has 2 fully saturated rings. The van der Waals surface area contributed by atoms with E-state index in [1.807, 2.05) is 0 Å². The van der Waals surface area contributed by atoms with E-state index in [4.69, 9.17) is 16.3 Å². The Labute approximate surface area is 164 Å². The van der Waals surface area contributed by atoms with Gasteiger partial charge >= 0.3 is 0 Å². The minimum Gasteiger partial charge on any atom is -0.388 e. The van der Waals surface area contributed by atoms with E-state index in [9.17, 15) is 20.1 Å². The molecule has 2 rings (SSSR count). The first-order chi connectivity index (χ1) is 12.3. The lowest BCUT2D eigenvalue weighted by atomic mass is 9.91. The summed E-state index contributed by atoms with van der Waals surface area (Å²) >= 11 is 7.50. The van der Waals surface area contributed by atoms with Gasteiger partial charge in [-0.3, -0.25) is 4.79 Å². The topological polar surface area (TPSA) is 111 Å². The fraction of sp³-hybridized carbons (Fsp3) is 0.941. The van der Waals surface area contributed by atoms with Crippen LogP contribution in [0.2, 0.25) is 0 Å². The molecule has 9 atom stereocenters. The third kappa shape index (κ3) is 5.04. The quantitative estimate of drug-likeness (QED) is 0.393. The molecule has 0 aromatic heterocycles. The van der Waals surface area contributed by atoms with Gasteiger partial charge in [0, 0.05) is 0 Å². The Hall–Kier alpha value is -0.0900. The van der Waals surface area contributed by atoms with Crippen molar-refractivity contribution >= 4 is 29.3 Å². The summed E-state index contributed by atoms with van der Waals surface area (Å²) in [7, 11) is 0. The normalized spacial score (nSPS) is 40.7. The van der Waals surface area contributed by atoms with Gasteiger partial charge in [-0.2, -0.15) is 0 Å². The van der Waals surface area contributed by atoms with Crippen LogP contribution in [0, 0.1) is 5.92 Å². The van der Waals surface area contributed by atoms with E-state index >= 15 is 0 Å². The Balaban J connectivity index is 2.04. The van der Waals surface area contributed by atoms with Crippen molar-refractivity contribution < 1.29 is 24.9 Å². The zero-order chi connectivity index (χ0) is 19.4. The molecule has 0 spiro atoms. The highest BCUT2D eigenvalue weighted by atomic mass is 35.5. The Morgan fingerprint density at radius 3 is 2.50 bits per heavy atom. The second-order valence-electron chi connectivity index (χ2n) is 7.20. The van der Waals surface area contributed by atoms with Crippen LogP contribution in [0.4, 0.5) is 0 Å². The number of ether oxygens (including phenoxy) is 1. The van der Waals surface area contributed by atoms with Gasteiger partial charge < -0.3 is 30.7 Å². The standard InChI is InChI=1S/C17H31ClN2O5S/c1-4-9-5-6-10(19-7-9)16(24)20-11(8(2)18)15-13(22)12(21)14(23)17(25-15)26-3/h8-15,17,19,21-23H,4-7H2,1-3H3,(H,20,24)/t8?,9-,10-,11?,12?,13?,14?,15?,17?/m1/s1. The Morgan fingerprint density at radius 2 is 2.00 bits per heavy atom. The van der Waals surface area contributed by atoms with E-state index in [1.54, 1.807) is 13.2 Å². The zero-order valence-electron chi connectivity index (χ0n) is 15.5. The molecule has 26 heavy (non-hydrogen) atoms. The van der Waals surface area contributed by atoms with Crippen molar-refractivity contribution in [2.75, 3.05) is 12.8 Å². The Morgan fingerprint density at radius 1 is 1.31 bits per heavy atom. The lowest BCUT2D eigenvalue weighted by Crippen LogP contribution is -2.65. The fourth-order valence-corrected chi connectivity index (χ4v) is 4.46. The maximum atomic E-state index is 12.7. The van der Waals surface area contributed by atoms with Gasteiger partial charge in [-0.1, -0.05) is 13.3 Å². The molecule has 152 valence electrons. The summed E-state index contributed by atoms with van der Waals surface area (Å²) in [6, 6.07) is -0.995. The molecule has 0 bridgehead atoms. The number of carbonyl (C=O) groups is 1. The second-order valence-corrected chi connectivity index (χ2v) is 8.83. The van der Waals surface area contributed by atoms with Crippen LogP contribution in [0.5, 0.6) is 0 Å². The number of hydrogen-bond acceptors (Lipinski definition) is 7. The van der Waals surface area contributed by atoms with Crippen LogP contribution in [0.25, 0.3) is 0 Å². The number of nitrogens with one attached hydrogen (secondary N) is 2. The van der Waals surface area contributed by atoms with Crippen LogP contribution < -0.4 is 10.6 Å². The largest absolute Gasteiger partial charge is 0.388 e. The zero-order valence-corrected chi connectivity index (χ0v) is 17.0. The second kappa shape index (κ2) is 9.91. The SMILES string of the molecule is CC[C@@H]1CC[C@H](C(=O)NC(C(C)Cl)C2OC(SC)C(O)C(O)C2O)NC1. The minimum absolute atomic E-state index is 0.186. The third-order valence-corrected chi connectivity index (χ3v) is 6.53. The predicted octanol–water partition coefficient (Wildman–Crippen LogP) is 0.0473. The molecular weight excluding hydrogens is 380 g/mol. The molecule has 7 nitrogen and oxygen atoms in total. The third-order valence-electron chi connectivity index (χ3n) is 5.41. The fourth-order valence-electron chi connectivity index (χ4n) is 3.58. The monoisotopic (exact) mass is 410 g/mol. The van der Waals surface area contributed by atoms with Crippen LogP contribution in [0.3, 0.4) is 0 Å². The van der Waals surface area contributed by atoms with E-state index in [0.29, 0.717) is 5.92 Å². The number of carbonyl (C=O) groups excluding carboxylic acids is 1. The number of amides is 1. The van der Waals surface area contributed by atoms with Crippen molar-refractivity contribution in [2.24, 2.45) is 5.92 Å². The number of aliphatic hydroxyl groups excluding tert-OH is 3. The average Bonchev–Trinajstić information content (AvgIpc) is 2.64. The minimum atomic E-state index is -1.36. The smallest absolute Gasteiger partial charge is 0.237 e. The summed E-state index contributed by atoms with van der Waals surface area (Å²) in [5.41, 5.74) is -0.702. The highest BCUT2D eigenvalue weighted by Gasteiger charge is 2.48. The molecule has 2 heterocycles. The Bertz CT molecular complexity index is 462. The summed E-state index contributed by atoms with van der Waals surface area (Å²) in [5, 5.41) is 36.1. The first-order valence-corrected chi connectivity index (χ1v) is 10.9. The lowest BCUT2D eigenvalue weighted by Gasteiger charge is -2.44. The van der Waals surface area contributed by atoms with E-state index in [1.165, 1.54) is 11.8 Å². The molecule has 0 radical (unpaired) electrons. The van der Waals surface area contributed by atoms with Crippen LogP contribution in [0.15, 0.2) is 0 Å². The first-order valence-electron chi connectivity index (χ1n) is 9.20. The number of thioether (sulfide) groups is 1. The summed E-state index contributed by atoms with van der Waals surface area (Å²) in [4.78, 5) is 12.7. The van der Waals surface area contributed by atoms with Crippen molar-refractivity contribution in [3.05, 3.63) is 0 Å². The number of rotatable bonds is 6. The van der Waals surface area contributed by atoms with Crippen molar-refractivity contribution in [1.29, 1.82) is 0 Å². The maximum absolute atomic E-state index is 12.7. The van der Waals surface area contributed by atoms with E-state index in [-0.39, 0.29) is 11.9 Å². The van der Waals surface area contributed by atoms with Crippen LogP contribution in [0.1, 0.15) is 33.1 Å². The van der Waals surface area contributed by atoms with Gasteiger partial charge in [-0.25, -0.2) is 0 Å². The average molecular weight is 411 g/mol.